The first-order valence-electron chi connectivity index (χ1n) is 13.8. The zero-order valence-electron chi connectivity index (χ0n) is 22.2. The van der Waals surface area contributed by atoms with E-state index in [4.69, 9.17) is 0 Å². The number of hydrogen-bond acceptors (Lipinski definition) is 3. The highest BCUT2D eigenvalue weighted by atomic mass is 16.4. The fourth-order valence-electron chi connectivity index (χ4n) is 11.5. The van der Waals surface area contributed by atoms with Crippen molar-refractivity contribution in [1.82, 2.24) is 0 Å². The van der Waals surface area contributed by atoms with E-state index >= 15 is 0 Å². The monoisotopic (exact) mass is 470 g/mol. The highest BCUT2D eigenvalue weighted by molar-refractivity contribution is 5.85. The van der Waals surface area contributed by atoms with Crippen molar-refractivity contribution in [3.05, 3.63) is 12.2 Å². The summed E-state index contributed by atoms with van der Waals surface area (Å²) in [5, 5.41) is 22.2. The molecule has 0 heterocycles. The summed E-state index contributed by atoms with van der Waals surface area (Å²) in [6, 6.07) is 0. The number of carboxylic acid groups (broad SMARTS) is 1. The molecule has 5 aliphatic rings. The van der Waals surface area contributed by atoms with E-state index in [0.717, 1.165) is 56.9 Å². The summed E-state index contributed by atoms with van der Waals surface area (Å²) in [7, 11) is 0. The number of aliphatic hydroxyl groups excluding tert-OH is 1. The predicted molar refractivity (Wildman–Crippen MR) is 133 cm³/mol. The van der Waals surface area contributed by atoms with Crippen LogP contribution in [-0.2, 0) is 9.59 Å². The van der Waals surface area contributed by atoms with Crippen LogP contribution in [0.3, 0.4) is 0 Å². The first-order chi connectivity index (χ1) is 15.7. The van der Waals surface area contributed by atoms with Crippen LogP contribution in [0.2, 0.25) is 0 Å². The molecule has 0 aromatic rings. The lowest BCUT2D eigenvalue weighted by atomic mass is 9.32. The van der Waals surface area contributed by atoms with Crippen molar-refractivity contribution in [2.45, 2.75) is 105 Å². The molecule has 190 valence electrons. The molecule has 5 fully saturated rings. The van der Waals surface area contributed by atoms with Crippen molar-refractivity contribution in [3.8, 4) is 0 Å². The average molecular weight is 471 g/mol. The second kappa shape index (κ2) is 7.20. The van der Waals surface area contributed by atoms with E-state index in [9.17, 15) is 19.8 Å². The number of ketones is 1. The van der Waals surface area contributed by atoms with E-state index in [2.05, 4.69) is 48.1 Å². The minimum atomic E-state index is -0.615. The van der Waals surface area contributed by atoms with E-state index in [-0.39, 0.29) is 34.0 Å². The van der Waals surface area contributed by atoms with Crippen molar-refractivity contribution >= 4 is 11.8 Å². The van der Waals surface area contributed by atoms with Crippen LogP contribution in [0.15, 0.2) is 12.2 Å². The van der Waals surface area contributed by atoms with Gasteiger partial charge in [-0.05, 0) is 98.2 Å². The normalized spacial score (nSPS) is 53.8. The molecule has 0 amide bonds. The van der Waals surface area contributed by atoms with E-state index < -0.39 is 22.9 Å². The van der Waals surface area contributed by atoms with Gasteiger partial charge in [0.05, 0.1) is 11.5 Å². The Morgan fingerprint density at radius 3 is 2.26 bits per heavy atom. The lowest BCUT2D eigenvalue weighted by Gasteiger charge is -2.72. The Morgan fingerprint density at radius 2 is 1.65 bits per heavy atom. The molecule has 2 N–H and O–H groups in total. The summed E-state index contributed by atoms with van der Waals surface area (Å²) < 4.78 is 0. The lowest BCUT2D eigenvalue weighted by Crippen LogP contribution is -2.69. The fourth-order valence-corrected chi connectivity index (χ4v) is 11.5. The second-order valence-electron chi connectivity index (χ2n) is 14.4. The van der Waals surface area contributed by atoms with Crippen molar-refractivity contribution < 1.29 is 19.8 Å². The maximum Gasteiger partial charge on any atom is 0.309 e. The summed E-state index contributed by atoms with van der Waals surface area (Å²) >= 11 is 0. The largest absolute Gasteiger partial charge is 0.481 e. The molecule has 4 nitrogen and oxygen atoms in total. The van der Waals surface area contributed by atoms with Crippen LogP contribution in [0.25, 0.3) is 0 Å². The second-order valence-corrected chi connectivity index (χ2v) is 14.4. The van der Waals surface area contributed by atoms with Crippen LogP contribution in [0.5, 0.6) is 0 Å². The van der Waals surface area contributed by atoms with Crippen molar-refractivity contribution in [2.75, 3.05) is 0 Å². The number of carbonyl (C=O) groups excluding carboxylic acids is 1. The molecule has 0 spiro atoms. The third-order valence-corrected chi connectivity index (χ3v) is 13.1. The molecule has 5 saturated carbocycles. The third kappa shape index (κ3) is 2.70. The van der Waals surface area contributed by atoms with Gasteiger partial charge in [0, 0.05) is 17.8 Å². The molecular formula is C30H46O4. The summed E-state index contributed by atoms with van der Waals surface area (Å²) in [5.41, 5.74) is -0.110. The van der Waals surface area contributed by atoms with Gasteiger partial charge in [-0.15, -0.1) is 0 Å². The number of aliphatic hydroxyl groups is 1. The van der Waals surface area contributed by atoms with Gasteiger partial charge in [0.25, 0.3) is 0 Å². The Morgan fingerprint density at radius 1 is 0.971 bits per heavy atom. The number of aliphatic carboxylic acids is 1. The molecule has 0 aromatic carbocycles. The minimum absolute atomic E-state index is 0.00387. The number of allylic oxidation sites excluding steroid dienone is 1. The molecule has 4 heteroatoms. The quantitative estimate of drug-likeness (QED) is 0.467. The van der Waals surface area contributed by atoms with Crippen LogP contribution in [0, 0.1) is 56.7 Å². The number of carboxylic acids is 1. The van der Waals surface area contributed by atoms with Gasteiger partial charge in [-0.25, -0.2) is 0 Å². The fraction of sp³-hybridized carbons (Fsp3) is 0.867. The molecule has 5 aliphatic carbocycles. The first-order valence-corrected chi connectivity index (χ1v) is 13.8. The first kappa shape index (κ1) is 24.5. The van der Waals surface area contributed by atoms with Crippen LogP contribution in [0.4, 0.5) is 0 Å². The maximum absolute atomic E-state index is 12.9. The molecule has 0 saturated heterocycles. The Kier molecular flexibility index (Phi) is 5.20. The van der Waals surface area contributed by atoms with Gasteiger partial charge in [-0.3, -0.25) is 9.59 Å². The van der Waals surface area contributed by atoms with Crippen LogP contribution in [-0.4, -0.2) is 28.1 Å². The summed E-state index contributed by atoms with van der Waals surface area (Å²) in [6.07, 6.45) is 7.24. The molecular weight excluding hydrogens is 424 g/mol. The van der Waals surface area contributed by atoms with Gasteiger partial charge in [0.15, 0.2) is 0 Å². The predicted octanol–water partition coefficient (Wildman–Crippen LogP) is 6.27. The topological polar surface area (TPSA) is 74.6 Å². The SMILES string of the molecule is C=C(C)[C@@H]1CC[C@]2(C(=O)O)CC[C@]3(C)[C@H](CC[C@@H]4[C@@]5(C)CCC(=O)C(C)(C)[C@H]5[C@@H](O)C[C@]43C)[C@@H]12. The van der Waals surface area contributed by atoms with Crippen LogP contribution in [0.1, 0.15) is 99.3 Å². The summed E-state index contributed by atoms with van der Waals surface area (Å²) in [6.45, 7) is 17.8. The Hall–Kier alpha value is -1.16. The van der Waals surface area contributed by atoms with Gasteiger partial charge in [0.2, 0.25) is 0 Å². The maximum atomic E-state index is 12.9. The van der Waals surface area contributed by atoms with Gasteiger partial charge >= 0.3 is 5.97 Å². The van der Waals surface area contributed by atoms with E-state index in [1.807, 2.05) is 0 Å². The lowest BCUT2D eigenvalue weighted by molar-refractivity contribution is -0.259. The Bertz CT molecular complexity index is 936. The molecule has 0 unspecified atom stereocenters. The van der Waals surface area contributed by atoms with Crippen LogP contribution >= 0.6 is 0 Å². The van der Waals surface area contributed by atoms with Gasteiger partial charge < -0.3 is 10.2 Å². The number of rotatable bonds is 2. The van der Waals surface area contributed by atoms with E-state index in [1.54, 1.807) is 0 Å². The average Bonchev–Trinajstić information content (AvgIpc) is 3.13. The van der Waals surface area contributed by atoms with Gasteiger partial charge in [-0.1, -0.05) is 46.8 Å². The Balaban J connectivity index is 1.60. The molecule has 34 heavy (non-hydrogen) atoms. The van der Waals surface area contributed by atoms with E-state index in [1.165, 1.54) is 0 Å². The molecule has 0 radical (unpaired) electrons. The van der Waals surface area contributed by atoms with E-state index in [0.29, 0.717) is 24.0 Å². The molecule has 5 rings (SSSR count). The standard InChI is InChI=1S/C30H46O4/c1-17(2)18-10-13-30(25(33)34)15-14-28(6)19(23(18)30)8-9-21-27(5)12-11-22(32)26(3,4)24(27)20(31)16-29(21,28)7/h18-21,23-24,31H,1,8-16H2,2-7H3,(H,33,34)/t18-,19+,20-,21+,23+,24+,27+,28+,29+,30-/m0/s1. The zero-order valence-corrected chi connectivity index (χ0v) is 22.2. The molecule has 0 aromatic heterocycles. The number of hydrogen-bond donors (Lipinski definition) is 2. The number of fused-ring (bicyclic) bond motifs is 7. The van der Waals surface area contributed by atoms with Gasteiger partial charge in [0.1, 0.15) is 5.78 Å². The number of Topliss-reactive ketones (excluding diaryl/α,β-unsaturated/α-hetero) is 1. The van der Waals surface area contributed by atoms with Gasteiger partial charge in [-0.2, -0.15) is 0 Å². The summed E-state index contributed by atoms with van der Waals surface area (Å²) in [4.78, 5) is 25.7. The number of carbonyl (C=O) groups is 2. The molecule has 0 aliphatic heterocycles. The highest BCUT2D eigenvalue weighted by Crippen LogP contribution is 2.77. The van der Waals surface area contributed by atoms with Crippen molar-refractivity contribution in [1.29, 1.82) is 0 Å². The molecule has 10 atom stereocenters. The van der Waals surface area contributed by atoms with Crippen molar-refractivity contribution in [3.63, 3.8) is 0 Å². The molecule has 0 bridgehead atoms. The minimum Gasteiger partial charge on any atom is -0.481 e. The van der Waals surface area contributed by atoms with Crippen molar-refractivity contribution in [2.24, 2.45) is 56.7 Å². The summed E-state index contributed by atoms with van der Waals surface area (Å²) in [5.74, 6) is 0.916. The highest BCUT2D eigenvalue weighted by Gasteiger charge is 2.73. The smallest absolute Gasteiger partial charge is 0.309 e. The zero-order chi connectivity index (χ0) is 25.1. The van der Waals surface area contributed by atoms with Crippen LogP contribution < -0.4 is 0 Å². The Labute approximate surface area is 206 Å². The third-order valence-electron chi connectivity index (χ3n) is 13.1.